The van der Waals surface area contributed by atoms with Crippen molar-refractivity contribution < 1.29 is 19.1 Å². The number of hydrogen-bond donors (Lipinski definition) is 0. The molecule has 0 spiro atoms. The van der Waals surface area contributed by atoms with Crippen LogP contribution in [0.3, 0.4) is 0 Å². The van der Waals surface area contributed by atoms with E-state index in [9.17, 15) is 9.59 Å². The van der Waals surface area contributed by atoms with Gasteiger partial charge in [0.1, 0.15) is 0 Å². The third-order valence-electron chi connectivity index (χ3n) is 3.06. The van der Waals surface area contributed by atoms with Gasteiger partial charge in [0.15, 0.2) is 5.92 Å². The molecule has 1 aromatic rings. The summed E-state index contributed by atoms with van der Waals surface area (Å²) in [6, 6.07) is 7.86. The Kier molecular flexibility index (Phi) is 5.55. The number of esters is 2. The fraction of sp³-hybridized carbons (Fsp3) is 0.467. The van der Waals surface area contributed by atoms with Crippen molar-refractivity contribution in [3.63, 3.8) is 0 Å². The van der Waals surface area contributed by atoms with Gasteiger partial charge in [0, 0.05) is 0 Å². The molecule has 0 aromatic heterocycles. The number of rotatable bonds is 5. The molecule has 0 aliphatic heterocycles. The summed E-state index contributed by atoms with van der Waals surface area (Å²) in [6.07, 6.45) is 0.289. The van der Waals surface area contributed by atoms with Gasteiger partial charge in [-0.25, -0.2) is 0 Å². The van der Waals surface area contributed by atoms with E-state index in [4.69, 9.17) is 0 Å². The zero-order chi connectivity index (χ0) is 14.4. The first-order valence-corrected chi connectivity index (χ1v) is 6.24. The van der Waals surface area contributed by atoms with Gasteiger partial charge in [0.05, 0.1) is 14.2 Å². The number of hydrogen-bond acceptors (Lipinski definition) is 4. The van der Waals surface area contributed by atoms with E-state index in [1.165, 1.54) is 19.8 Å². The molecule has 19 heavy (non-hydrogen) atoms. The van der Waals surface area contributed by atoms with Gasteiger partial charge in [-0.05, 0) is 23.5 Å². The molecule has 104 valence electrons. The average molecular weight is 264 g/mol. The zero-order valence-electron chi connectivity index (χ0n) is 11.8. The molecule has 1 rings (SSSR count). The van der Waals surface area contributed by atoms with E-state index in [1.54, 1.807) is 0 Å². The number of benzene rings is 1. The van der Waals surface area contributed by atoms with E-state index >= 15 is 0 Å². The third kappa shape index (κ3) is 4.09. The van der Waals surface area contributed by atoms with Crippen molar-refractivity contribution in [3.8, 4) is 0 Å². The Morgan fingerprint density at radius 3 is 1.84 bits per heavy atom. The van der Waals surface area contributed by atoms with Crippen LogP contribution in [0.25, 0.3) is 0 Å². The van der Waals surface area contributed by atoms with E-state index in [2.05, 4.69) is 23.3 Å². The molecular formula is C15H20O4. The minimum absolute atomic E-state index is 0.289. The van der Waals surface area contributed by atoms with Crippen molar-refractivity contribution >= 4 is 11.9 Å². The maximum absolute atomic E-state index is 11.6. The van der Waals surface area contributed by atoms with Crippen LogP contribution in [0, 0.1) is 5.92 Å². The lowest BCUT2D eigenvalue weighted by atomic mass is 9.96. The van der Waals surface area contributed by atoms with Crippen molar-refractivity contribution in [2.24, 2.45) is 5.92 Å². The molecule has 1 aromatic carbocycles. The van der Waals surface area contributed by atoms with Gasteiger partial charge in [-0.15, -0.1) is 0 Å². The molecule has 0 heterocycles. The number of carbonyl (C=O) groups is 2. The molecular weight excluding hydrogens is 244 g/mol. The van der Waals surface area contributed by atoms with E-state index < -0.39 is 17.9 Å². The Morgan fingerprint density at radius 1 is 1.00 bits per heavy atom. The van der Waals surface area contributed by atoms with Gasteiger partial charge in [-0.3, -0.25) is 9.59 Å². The summed E-state index contributed by atoms with van der Waals surface area (Å²) < 4.78 is 9.26. The smallest absolute Gasteiger partial charge is 0.320 e. The monoisotopic (exact) mass is 264 g/mol. The second-order valence-electron chi connectivity index (χ2n) is 4.70. The first-order valence-electron chi connectivity index (χ1n) is 6.24. The lowest BCUT2D eigenvalue weighted by molar-refractivity contribution is -0.158. The molecule has 0 aliphatic carbocycles. The number of methoxy groups -OCH3 is 2. The highest BCUT2D eigenvalue weighted by atomic mass is 16.5. The van der Waals surface area contributed by atoms with Gasteiger partial charge >= 0.3 is 11.9 Å². The second-order valence-corrected chi connectivity index (χ2v) is 4.70. The predicted octanol–water partition coefficient (Wildman–Crippen LogP) is 2.31. The van der Waals surface area contributed by atoms with Gasteiger partial charge in [0.2, 0.25) is 0 Å². The minimum atomic E-state index is -0.903. The quantitative estimate of drug-likeness (QED) is 0.605. The lowest BCUT2D eigenvalue weighted by Gasteiger charge is -2.13. The second kappa shape index (κ2) is 6.92. The van der Waals surface area contributed by atoms with Gasteiger partial charge < -0.3 is 9.47 Å². The SMILES string of the molecule is COC(=O)C(Cc1ccc(C(C)C)cc1)C(=O)OC. The Balaban J connectivity index is 2.84. The number of ether oxygens (including phenoxy) is 2. The van der Waals surface area contributed by atoms with Crippen LogP contribution in [0.4, 0.5) is 0 Å². The standard InChI is InChI=1S/C15H20O4/c1-10(2)12-7-5-11(6-8-12)9-13(14(16)18-3)15(17)19-4/h5-8,10,13H,9H2,1-4H3. The molecule has 0 bridgehead atoms. The summed E-state index contributed by atoms with van der Waals surface area (Å²) in [5.74, 6) is -1.59. The van der Waals surface area contributed by atoms with Crippen LogP contribution in [-0.2, 0) is 25.5 Å². The predicted molar refractivity (Wildman–Crippen MR) is 71.8 cm³/mol. The van der Waals surface area contributed by atoms with Crippen LogP contribution in [0.1, 0.15) is 30.9 Å². The van der Waals surface area contributed by atoms with E-state index in [0.717, 1.165) is 5.56 Å². The largest absolute Gasteiger partial charge is 0.468 e. The molecule has 0 fully saturated rings. The van der Waals surface area contributed by atoms with Gasteiger partial charge in [-0.1, -0.05) is 38.1 Å². The highest BCUT2D eigenvalue weighted by Crippen LogP contribution is 2.17. The van der Waals surface area contributed by atoms with Crippen molar-refractivity contribution in [2.45, 2.75) is 26.2 Å². The first kappa shape index (κ1) is 15.2. The molecule has 0 N–H and O–H groups in total. The van der Waals surface area contributed by atoms with Crippen LogP contribution >= 0.6 is 0 Å². The summed E-state index contributed by atoms with van der Waals surface area (Å²) in [7, 11) is 2.53. The van der Waals surface area contributed by atoms with E-state index in [0.29, 0.717) is 5.92 Å². The maximum atomic E-state index is 11.6. The normalized spacial score (nSPS) is 10.6. The van der Waals surface area contributed by atoms with Crippen molar-refractivity contribution in [1.82, 2.24) is 0 Å². The molecule has 0 aliphatic rings. The fourth-order valence-corrected chi connectivity index (χ4v) is 1.82. The third-order valence-corrected chi connectivity index (χ3v) is 3.06. The Hall–Kier alpha value is -1.84. The Labute approximate surface area is 113 Å². The topological polar surface area (TPSA) is 52.6 Å². The minimum Gasteiger partial charge on any atom is -0.468 e. The fourth-order valence-electron chi connectivity index (χ4n) is 1.82. The maximum Gasteiger partial charge on any atom is 0.320 e. The molecule has 4 heteroatoms. The highest BCUT2D eigenvalue weighted by Gasteiger charge is 2.28. The Morgan fingerprint density at radius 2 is 1.47 bits per heavy atom. The van der Waals surface area contributed by atoms with E-state index in [1.807, 2.05) is 24.3 Å². The van der Waals surface area contributed by atoms with E-state index in [-0.39, 0.29) is 6.42 Å². The number of carbonyl (C=O) groups excluding carboxylic acids is 2. The van der Waals surface area contributed by atoms with Crippen LogP contribution in [-0.4, -0.2) is 26.2 Å². The van der Waals surface area contributed by atoms with Gasteiger partial charge in [0.25, 0.3) is 0 Å². The van der Waals surface area contributed by atoms with Crippen LogP contribution in [0.15, 0.2) is 24.3 Å². The summed E-state index contributed by atoms with van der Waals surface area (Å²) >= 11 is 0. The molecule has 0 saturated heterocycles. The van der Waals surface area contributed by atoms with Crippen molar-refractivity contribution in [2.75, 3.05) is 14.2 Å². The molecule has 0 radical (unpaired) electrons. The summed E-state index contributed by atoms with van der Waals surface area (Å²) in [4.78, 5) is 23.1. The van der Waals surface area contributed by atoms with Gasteiger partial charge in [-0.2, -0.15) is 0 Å². The molecule has 0 saturated carbocycles. The summed E-state index contributed by atoms with van der Waals surface area (Å²) in [5.41, 5.74) is 2.13. The first-order chi connectivity index (χ1) is 8.99. The Bertz CT molecular complexity index is 418. The molecule has 0 unspecified atom stereocenters. The zero-order valence-corrected chi connectivity index (χ0v) is 11.8. The molecule has 0 atom stereocenters. The molecule has 0 amide bonds. The lowest BCUT2D eigenvalue weighted by Crippen LogP contribution is -2.28. The van der Waals surface area contributed by atoms with Crippen LogP contribution in [0.2, 0.25) is 0 Å². The van der Waals surface area contributed by atoms with Crippen molar-refractivity contribution in [3.05, 3.63) is 35.4 Å². The van der Waals surface area contributed by atoms with Crippen molar-refractivity contribution in [1.29, 1.82) is 0 Å². The summed E-state index contributed by atoms with van der Waals surface area (Å²) in [6.45, 7) is 4.22. The molecule has 4 nitrogen and oxygen atoms in total. The summed E-state index contributed by atoms with van der Waals surface area (Å²) in [5, 5.41) is 0. The van der Waals surface area contributed by atoms with Crippen LogP contribution < -0.4 is 0 Å². The average Bonchev–Trinajstić information content (AvgIpc) is 2.43. The van der Waals surface area contributed by atoms with Crippen LogP contribution in [0.5, 0.6) is 0 Å². The highest BCUT2D eigenvalue weighted by molar-refractivity contribution is 5.95.